The number of ether oxygens (including phenoxy) is 1. The van der Waals surface area contributed by atoms with Crippen molar-refractivity contribution in [3.8, 4) is 0 Å². The highest BCUT2D eigenvalue weighted by Crippen LogP contribution is 2.38. The van der Waals surface area contributed by atoms with Gasteiger partial charge in [0.1, 0.15) is 5.00 Å². The Hall–Kier alpha value is -4.19. The van der Waals surface area contributed by atoms with E-state index in [1.54, 1.807) is 19.9 Å². The predicted octanol–water partition coefficient (Wildman–Crippen LogP) is 6.47. The molecule has 214 valence electrons. The SMILES string of the molecule is CCOC(=O)c1c(Nc2nc3ccccc3nc2N2CCN(c3cccc(C(F)(F)F)c3)CC2)sc(C(C)=O)c1C. The summed E-state index contributed by atoms with van der Waals surface area (Å²) in [6.07, 6.45) is -4.41. The number of halogens is 3. The molecule has 1 aliphatic rings. The molecule has 0 saturated carbocycles. The van der Waals surface area contributed by atoms with Crippen LogP contribution in [0.5, 0.6) is 0 Å². The lowest BCUT2D eigenvalue weighted by atomic mass is 10.1. The normalized spacial score (nSPS) is 13.9. The fraction of sp³-hybridized carbons (Fsp3) is 0.310. The van der Waals surface area contributed by atoms with Crippen molar-refractivity contribution in [2.75, 3.05) is 47.9 Å². The van der Waals surface area contributed by atoms with Gasteiger partial charge in [-0.25, -0.2) is 14.8 Å². The minimum absolute atomic E-state index is 0.165. The van der Waals surface area contributed by atoms with E-state index in [4.69, 9.17) is 14.7 Å². The van der Waals surface area contributed by atoms with E-state index >= 15 is 0 Å². The molecule has 0 radical (unpaired) electrons. The summed E-state index contributed by atoms with van der Waals surface area (Å²) < 4.78 is 45.1. The Kier molecular flexibility index (Phi) is 7.85. The summed E-state index contributed by atoms with van der Waals surface area (Å²) in [5, 5.41) is 3.69. The molecule has 0 spiro atoms. The number of para-hydroxylation sites is 2. The molecule has 2 aromatic carbocycles. The molecular weight excluding hydrogens is 555 g/mol. The zero-order valence-electron chi connectivity index (χ0n) is 22.7. The fourth-order valence-corrected chi connectivity index (χ4v) is 5.93. The van der Waals surface area contributed by atoms with Crippen molar-refractivity contribution >= 4 is 56.4 Å². The Morgan fingerprint density at radius 3 is 2.29 bits per heavy atom. The van der Waals surface area contributed by atoms with E-state index in [9.17, 15) is 22.8 Å². The van der Waals surface area contributed by atoms with E-state index in [0.717, 1.165) is 17.4 Å². The van der Waals surface area contributed by atoms with E-state index in [1.165, 1.54) is 19.1 Å². The van der Waals surface area contributed by atoms with Crippen molar-refractivity contribution in [2.45, 2.75) is 26.9 Å². The molecule has 41 heavy (non-hydrogen) atoms. The number of rotatable bonds is 7. The maximum Gasteiger partial charge on any atom is 0.416 e. The summed E-state index contributed by atoms with van der Waals surface area (Å²) in [6, 6.07) is 12.7. The summed E-state index contributed by atoms with van der Waals surface area (Å²) in [7, 11) is 0. The van der Waals surface area contributed by atoms with Crippen molar-refractivity contribution in [1.29, 1.82) is 0 Å². The minimum atomic E-state index is -4.41. The van der Waals surface area contributed by atoms with Gasteiger partial charge >= 0.3 is 12.1 Å². The Morgan fingerprint density at radius 1 is 1.00 bits per heavy atom. The molecule has 0 atom stereocenters. The molecule has 2 aromatic heterocycles. The number of nitrogens with zero attached hydrogens (tertiary/aromatic N) is 4. The van der Waals surface area contributed by atoms with Crippen LogP contribution in [0.3, 0.4) is 0 Å². The molecule has 0 unspecified atom stereocenters. The Labute approximate surface area is 238 Å². The van der Waals surface area contributed by atoms with Crippen LogP contribution in [0, 0.1) is 6.92 Å². The van der Waals surface area contributed by atoms with Gasteiger partial charge in [0.15, 0.2) is 17.4 Å². The largest absolute Gasteiger partial charge is 0.462 e. The predicted molar refractivity (Wildman–Crippen MR) is 154 cm³/mol. The highest BCUT2D eigenvalue weighted by molar-refractivity contribution is 7.18. The third kappa shape index (κ3) is 5.83. The number of hydrogen-bond donors (Lipinski definition) is 1. The molecule has 1 fully saturated rings. The van der Waals surface area contributed by atoms with Gasteiger partial charge in [-0.2, -0.15) is 13.2 Å². The fourth-order valence-electron chi connectivity index (χ4n) is 4.84. The van der Waals surface area contributed by atoms with E-state index < -0.39 is 17.7 Å². The lowest BCUT2D eigenvalue weighted by Crippen LogP contribution is -2.47. The number of piperazine rings is 1. The summed E-state index contributed by atoms with van der Waals surface area (Å²) in [5.74, 6) is 0.235. The molecule has 0 aliphatic carbocycles. The lowest BCUT2D eigenvalue weighted by Gasteiger charge is -2.37. The summed E-state index contributed by atoms with van der Waals surface area (Å²) in [6.45, 7) is 6.94. The lowest BCUT2D eigenvalue weighted by molar-refractivity contribution is -0.137. The van der Waals surface area contributed by atoms with Crippen molar-refractivity contribution in [2.24, 2.45) is 0 Å². The highest BCUT2D eigenvalue weighted by Gasteiger charge is 2.32. The standard InChI is InChI=1S/C29H28F3N5O3S/c1-4-40-28(39)23-17(2)24(18(3)38)41-27(23)35-25-26(34-22-11-6-5-10-21(22)33-25)37-14-12-36(13-15-37)20-9-7-8-19(16-20)29(30,31)32/h5-11,16H,4,12-15H2,1-3H3,(H,33,35). The average molecular weight is 584 g/mol. The number of nitrogens with one attached hydrogen (secondary N) is 1. The van der Waals surface area contributed by atoms with Gasteiger partial charge in [-0.05, 0) is 56.7 Å². The number of carbonyl (C=O) groups is 2. The van der Waals surface area contributed by atoms with E-state index in [-0.39, 0.29) is 18.0 Å². The van der Waals surface area contributed by atoms with E-state index in [0.29, 0.717) is 70.0 Å². The molecule has 1 N–H and O–H groups in total. The minimum Gasteiger partial charge on any atom is -0.462 e. The number of Topliss-reactive ketones (excluding diaryl/α,β-unsaturated/α-hetero) is 1. The first-order valence-electron chi connectivity index (χ1n) is 13.1. The molecule has 5 rings (SSSR count). The molecule has 1 saturated heterocycles. The number of ketones is 1. The van der Waals surface area contributed by atoms with Gasteiger partial charge in [0.05, 0.1) is 33.6 Å². The van der Waals surface area contributed by atoms with Gasteiger partial charge in [0, 0.05) is 31.9 Å². The van der Waals surface area contributed by atoms with E-state index in [1.807, 2.05) is 34.1 Å². The maximum absolute atomic E-state index is 13.3. The Morgan fingerprint density at radius 2 is 1.66 bits per heavy atom. The van der Waals surface area contributed by atoms with Crippen LogP contribution in [-0.2, 0) is 10.9 Å². The van der Waals surface area contributed by atoms with Crippen LogP contribution < -0.4 is 15.1 Å². The second-order valence-corrected chi connectivity index (χ2v) is 10.6. The monoisotopic (exact) mass is 583 g/mol. The van der Waals surface area contributed by atoms with Gasteiger partial charge < -0.3 is 19.9 Å². The summed E-state index contributed by atoms with van der Waals surface area (Å²) >= 11 is 1.16. The van der Waals surface area contributed by atoms with Crippen LogP contribution in [0.1, 0.15) is 45.0 Å². The van der Waals surface area contributed by atoms with Gasteiger partial charge in [0.25, 0.3) is 0 Å². The zero-order chi connectivity index (χ0) is 29.3. The number of alkyl halides is 3. The smallest absolute Gasteiger partial charge is 0.416 e. The first kappa shape index (κ1) is 28.3. The molecule has 8 nitrogen and oxygen atoms in total. The Balaban J connectivity index is 1.48. The second-order valence-electron chi connectivity index (χ2n) is 9.57. The average Bonchev–Trinajstić information content (AvgIpc) is 3.28. The molecule has 0 amide bonds. The first-order chi connectivity index (χ1) is 19.6. The van der Waals surface area contributed by atoms with Gasteiger partial charge in [-0.15, -0.1) is 11.3 Å². The zero-order valence-corrected chi connectivity index (χ0v) is 23.5. The maximum atomic E-state index is 13.3. The summed E-state index contributed by atoms with van der Waals surface area (Å²) in [4.78, 5) is 39.2. The molecule has 1 aliphatic heterocycles. The molecule has 0 bridgehead atoms. The number of carbonyl (C=O) groups excluding carboxylic acids is 2. The van der Waals surface area contributed by atoms with Crippen molar-refractivity contribution in [3.05, 3.63) is 70.1 Å². The van der Waals surface area contributed by atoms with Gasteiger partial charge in [-0.1, -0.05) is 18.2 Å². The third-order valence-corrected chi connectivity index (χ3v) is 8.16. The number of fused-ring (bicyclic) bond motifs is 1. The second kappa shape index (κ2) is 11.4. The third-order valence-electron chi connectivity index (χ3n) is 6.85. The first-order valence-corrected chi connectivity index (χ1v) is 13.9. The number of anilines is 4. The quantitative estimate of drug-likeness (QED) is 0.196. The van der Waals surface area contributed by atoms with Crippen LogP contribution in [0.25, 0.3) is 11.0 Å². The van der Waals surface area contributed by atoms with Gasteiger partial charge in [0.2, 0.25) is 0 Å². The number of benzene rings is 2. The molecule has 4 aromatic rings. The number of aromatic nitrogens is 2. The Bertz CT molecular complexity index is 1610. The van der Waals surface area contributed by atoms with Gasteiger partial charge in [-0.3, -0.25) is 4.79 Å². The van der Waals surface area contributed by atoms with Crippen LogP contribution >= 0.6 is 11.3 Å². The number of thiophene rings is 1. The number of esters is 1. The topological polar surface area (TPSA) is 87.7 Å². The highest BCUT2D eigenvalue weighted by atomic mass is 32.1. The van der Waals surface area contributed by atoms with Crippen LogP contribution in [-0.4, -0.2) is 54.5 Å². The van der Waals surface area contributed by atoms with Crippen molar-refractivity contribution in [1.82, 2.24) is 9.97 Å². The van der Waals surface area contributed by atoms with Crippen molar-refractivity contribution in [3.63, 3.8) is 0 Å². The van der Waals surface area contributed by atoms with Crippen LogP contribution in [0.2, 0.25) is 0 Å². The molecule has 12 heteroatoms. The molecule has 3 heterocycles. The van der Waals surface area contributed by atoms with Crippen molar-refractivity contribution < 1.29 is 27.5 Å². The molecular formula is C29H28F3N5O3S. The van der Waals surface area contributed by atoms with Crippen LogP contribution in [0.4, 0.5) is 35.5 Å². The summed E-state index contributed by atoms with van der Waals surface area (Å²) in [5.41, 5.74) is 1.95. The van der Waals surface area contributed by atoms with Crippen LogP contribution in [0.15, 0.2) is 48.5 Å². The number of hydrogen-bond acceptors (Lipinski definition) is 9. The van der Waals surface area contributed by atoms with E-state index in [2.05, 4.69) is 5.32 Å².